The van der Waals surface area contributed by atoms with Gasteiger partial charge in [0.05, 0.1) is 7.11 Å². The molecule has 1 aromatic rings. The Labute approximate surface area is 80.7 Å². The molecule has 0 spiro atoms. The third-order valence-corrected chi connectivity index (χ3v) is 2.41. The van der Waals surface area contributed by atoms with Crippen LogP contribution in [0, 0.1) is 13.8 Å². The summed E-state index contributed by atoms with van der Waals surface area (Å²) in [6.07, 6.45) is 0. The fraction of sp³-hybridized carbons (Fsp3) is 0.500. The molecule has 0 aliphatic rings. The van der Waals surface area contributed by atoms with Gasteiger partial charge in [0, 0.05) is 0 Å². The maximum absolute atomic E-state index is 5.26. The van der Waals surface area contributed by atoms with E-state index in [0.29, 0.717) is 5.92 Å². The van der Waals surface area contributed by atoms with E-state index in [1.807, 2.05) is 0 Å². The zero-order valence-corrected chi connectivity index (χ0v) is 9.14. The van der Waals surface area contributed by atoms with E-state index in [2.05, 4.69) is 39.8 Å². The van der Waals surface area contributed by atoms with Crippen molar-refractivity contribution in [2.75, 3.05) is 7.11 Å². The Kier molecular flexibility index (Phi) is 2.97. The van der Waals surface area contributed by atoms with Crippen molar-refractivity contribution in [2.24, 2.45) is 0 Å². The van der Waals surface area contributed by atoms with E-state index < -0.39 is 0 Å². The van der Waals surface area contributed by atoms with Gasteiger partial charge in [-0.15, -0.1) is 0 Å². The van der Waals surface area contributed by atoms with E-state index in [1.54, 1.807) is 7.11 Å². The highest BCUT2D eigenvalue weighted by molar-refractivity contribution is 5.42. The maximum atomic E-state index is 5.26. The molecular formula is C12H18O. The fourth-order valence-corrected chi connectivity index (χ4v) is 1.65. The molecule has 0 fully saturated rings. The minimum Gasteiger partial charge on any atom is -0.496 e. The van der Waals surface area contributed by atoms with Crippen molar-refractivity contribution in [1.29, 1.82) is 0 Å². The van der Waals surface area contributed by atoms with Crippen molar-refractivity contribution in [3.05, 3.63) is 28.8 Å². The van der Waals surface area contributed by atoms with Crippen LogP contribution in [0.15, 0.2) is 12.1 Å². The summed E-state index contributed by atoms with van der Waals surface area (Å²) in [7, 11) is 1.72. The summed E-state index contributed by atoms with van der Waals surface area (Å²) in [4.78, 5) is 0. The molecule has 0 unspecified atom stereocenters. The summed E-state index contributed by atoms with van der Waals surface area (Å²) in [6.45, 7) is 8.66. The predicted molar refractivity (Wildman–Crippen MR) is 56.6 cm³/mol. The Morgan fingerprint density at radius 1 is 1.08 bits per heavy atom. The number of ether oxygens (including phenoxy) is 1. The van der Waals surface area contributed by atoms with E-state index in [-0.39, 0.29) is 0 Å². The Bertz CT molecular complexity index is 300. The van der Waals surface area contributed by atoms with E-state index in [4.69, 9.17) is 4.74 Å². The average Bonchev–Trinajstić information content (AvgIpc) is 2.07. The summed E-state index contributed by atoms with van der Waals surface area (Å²) < 4.78 is 5.26. The van der Waals surface area contributed by atoms with Gasteiger partial charge >= 0.3 is 0 Å². The van der Waals surface area contributed by atoms with Crippen molar-refractivity contribution in [3.63, 3.8) is 0 Å². The summed E-state index contributed by atoms with van der Waals surface area (Å²) in [5, 5.41) is 0. The lowest BCUT2D eigenvalue weighted by Gasteiger charge is -2.13. The molecule has 72 valence electrons. The second kappa shape index (κ2) is 3.82. The number of hydrogen-bond donors (Lipinski definition) is 0. The van der Waals surface area contributed by atoms with E-state index in [1.165, 1.54) is 16.7 Å². The molecule has 0 atom stereocenters. The molecule has 0 aromatic heterocycles. The first kappa shape index (κ1) is 10.1. The normalized spacial score (nSPS) is 10.6. The molecule has 1 rings (SSSR count). The molecule has 0 N–H and O–H groups in total. The van der Waals surface area contributed by atoms with Gasteiger partial charge < -0.3 is 4.74 Å². The minimum absolute atomic E-state index is 0.588. The molecule has 1 heteroatoms. The summed E-state index contributed by atoms with van der Waals surface area (Å²) in [6, 6.07) is 4.34. The topological polar surface area (TPSA) is 9.23 Å². The van der Waals surface area contributed by atoms with E-state index >= 15 is 0 Å². The van der Waals surface area contributed by atoms with Crippen LogP contribution >= 0.6 is 0 Å². The van der Waals surface area contributed by atoms with Crippen molar-refractivity contribution in [2.45, 2.75) is 33.6 Å². The van der Waals surface area contributed by atoms with Gasteiger partial charge in [-0.1, -0.05) is 19.9 Å². The van der Waals surface area contributed by atoms with Gasteiger partial charge in [0.15, 0.2) is 0 Å². The summed E-state index contributed by atoms with van der Waals surface area (Å²) >= 11 is 0. The Morgan fingerprint density at radius 3 is 2.15 bits per heavy atom. The third kappa shape index (κ3) is 2.03. The summed E-state index contributed by atoms with van der Waals surface area (Å²) in [5.74, 6) is 1.58. The van der Waals surface area contributed by atoms with E-state index in [0.717, 1.165) is 5.75 Å². The molecule has 0 aliphatic carbocycles. The van der Waals surface area contributed by atoms with Crippen molar-refractivity contribution < 1.29 is 4.74 Å². The van der Waals surface area contributed by atoms with Gasteiger partial charge in [-0.2, -0.15) is 0 Å². The van der Waals surface area contributed by atoms with Crippen molar-refractivity contribution >= 4 is 0 Å². The number of aryl methyl sites for hydroxylation is 2. The third-order valence-electron chi connectivity index (χ3n) is 2.41. The van der Waals surface area contributed by atoms with Crippen LogP contribution in [0.4, 0.5) is 0 Å². The maximum Gasteiger partial charge on any atom is 0.122 e. The lowest BCUT2D eigenvalue weighted by molar-refractivity contribution is 0.411. The molecule has 0 saturated carbocycles. The molecule has 13 heavy (non-hydrogen) atoms. The molecule has 0 saturated heterocycles. The Balaban J connectivity index is 3.20. The monoisotopic (exact) mass is 178 g/mol. The van der Waals surface area contributed by atoms with Crippen LogP contribution in [-0.2, 0) is 0 Å². The first-order valence-corrected chi connectivity index (χ1v) is 4.71. The van der Waals surface area contributed by atoms with Crippen LogP contribution in [0.2, 0.25) is 0 Å². The van der Waals surface area contributed by atoms with Gasteiger partial charge in [-0.25, -0.2) is 0 Å². The van der Waals surface area contributed by atoms with Crippen molar-refractivity contribution in [3.8, 4) is 5.75 Å². The Morgan fingerprint density at radius 2 is 1.69 bits per heavy atom. The zero-order valence-electron chi connectivity index (χ0n) is 9.14. The second-order valence-corrected chi connectivity index (χ2v) is 3.83. The number of hydrogen-bond acceptors (Lipinski definition) is 1. The lowest BCUT2D eigenvalue weighted by atomic mass is 9.96. The molecule has 1 nitrogen and oxygen atoms in total. The largest absolute Gasteiger partial charge is 0.496 e. The van der Waals surface area contributed by atoms with Crippen molar-refractivity contribution in [1.82, 2.24) is 0 Å². The highest BCUT2D eigenvalue weighted by atomic mass is 16.5. The predicted octanol–water partition coefficient (Wildman–Crippen LogP) is 3.44. The molecule has 0 amide bonds. The molecule has 0 radical (unpaired) electrons. The van der Waals surface area contributed by atoms with Gasteiger partial charge in [0.1, 0.15) is 5.75 Å². The molecule has 0 aliphatic heterocycles. The van der Waals surface area contributed by atoms with Crippen LogP contribution in [0.5, 0.6) is 5.75 Å². The van der Waals surface area contributed by atoms with E-state index in [9.17, 15) is 0 Å². The Hall–Kier alpha value is -0.980. The second-order valence-electron chi connectivity index (χ2n) is 3.83. The van der Waals surface area contributed by atoms with Gasteiger partial charge in [-0.3, -0.25) is 0 Å². The molecule has 0 heterocycles. The first-order chi connectivity index (χ1) is 6.06. The quantitative estimate of drug-likeness (QED) is 0.674. The SMILES string of the molecule is COc1cc(C)c(C(C)C)cc1C. The first-order valence-electron chi connectivity index (χ1n) is 4.71. The minimum atomic E-state index is 0.588. The fourth-order valence-electron chi connectivity index (χ4n) is 1.65. The molecule has 0 bridgehead atoms. The van der Waals surface area contributed by atoms with Crippen LogP contribution in [0.1, 0.15) is 36.5 Å². The van der Waals surface area contributed by atoms with Gasteiger partial charge in [-0.05, 0) is 42.5 Å². The smallest absolute Gasteiger partial charge is 0.122 e. The molecular weight excluding hydrogens is 160 g/mol. The average molecular weight is 178 g/mol. The molecule has 1 aromatic carbocycles. The number of rotatable bonds is 2. The van der Waals surface area contributed by atoms with Gasteiger partial charge in [0.2, 0.25) is 0 Å². The number of benzene rings is 1. The van der Waals surface area contributed by atoms with Crippen LogP contribution in [0.3, 0.4) is 0 Å². The zero-order chi connectivity index (χ0) is 10.0. The van der Waals surface area contributed by atoms with Gasteiger partial charge in [0.25, 0.3) is 0 Å². The standard InChI is InChI=1S/C12H18O/c1-8(2)11-6-10(4)12(13-5)7-9(11)3/h6-8H,1-5H3. The lowest BCUT2D eigenvalue weighted by Crippen LogP contribution is -1.95. The van der Waals surface area contributed by atoms with Crippen LogP contribution < -0.4 is 4.74 Å². The van der Waals surface area contributed by atoms with Crippen LogP contribution in [0.25, 0.3) is 0 Å². The highest BCUT2D eigenvalue weighted by Gasteiger charge is 2.07. The van der Waals surface area contributed by atoms with Crippen LogP contribution in [-0.4, -0.2) is 7.11 Å². The summed E-state index contributed by atoms with van der Waals surface area (Å²) in [5.41, 5.74) is 3.95. The number of methoxy groups -OCH3 is 1. The highest BCUT2D eigenvalue weighted by Crippen LogP contribution is 2.26.